The monoisotopic (exact) mass is 400 g/mol. The molecule has 8 nitrogen and oxygen atoms in total. The van der Waals surface area contributed by atoms with E-state index in [0.717, 1.165) is 19.6 Å². The Morgan fingerprint density at radius 1 is 1.14 bits per heavy atom. The number of halogens is 1. The summed E-state index contributed by atoms with van der Waals surface area (Å²) in [7, 11) is 0. The van der Waals surface area contributed by atoms with E-state index < -0.39 is 5.91 Å². The number of hydrogen-bond acceptors (Lipinski definition) is 5. The van der Waals surface area contributed by atoms with Gasteiger partial charge in [-0.1, -0.05) is 6.92 Å². The Labute approximate surface area is 169 Å². The molecule has 0 spiro atoms. The van der Waals surface area contributed by atoms with Crippen molar-refractivity contribution < 1.29 is 14.0 Å². The van der Waals surface area contributed by atoms with E-state index in [4.69, 9.17) is 5.84 Å². The topological polar surface area (TPSA) is 94.8 Å². The second kappa shape index (κ2) is 9.44. The number of aromatic nitrogens is 1. The average Bonchev–Trinajstić information content (AvgIpc) is 2.77. The number of nitrogens with two attached hydrogens (primary N) is 1. The highest BCUT2D eigenvalue weighted by Crippen LogP contribution is 2.20. The minimum Gasteiger partial charge on any atom is -0.322 e. The van der Waals surface area contributed by atoms with Gasteiger partial charge in [-0.15, -0.1) is 0 Å². The lowest BCUT2D eigenvalue weighted by Gasteiger charge is -2.37. The van der Waals surface area contributed by atoms with Crippen LogP contribution >= 0.6 is 0 Å². The van der Waals surface area contributed by atoms with Crippen molar-refractivity contribution in [2.24, 2.45) is 5.84 Å². The zero-order valence-electron chi connectivity index (χ0n) is 16.3. The van der Waals surface area contributed by atoms with Crippen LogP contribution in [0.3, 0.4) is 0 Å². The maximum Gasteiger partial charge on any atom is 0.324 e. The van der Waals surface area contributed by atoms with Gasteiger partial charge < -0.3 is 9.80 Å². The van der Waals surface area contributed by atoms with Gasteiger partial charge in [-0.25, -0.2) is 15.0 Å². The summed E-state index contributed by atoms with van der Waals surface area (Å²) in [6.45, 7) is 6.16. The highest BCUT2D eigenvalue weighted by Gasteiger charge is 2.26. The maximum absolute atomic E-state index is 13.4. The van der Waals surface area contributed by atoms with Crippen LogP contribution in [0.5, 0.6) is 0 Å². The molecule has 1 aromatic carbocycles. The number of amides is 3. The van der Waals surface area contributed by atoms with Crippen molar-refractivity contribution in [3.63, 3.8) is 0 Å². The molecule has 1 saturated heterocycles. The number of anilines is 1. The largest absolute Gasteiger partial charge is 0.324 e. The number of rotatable bonds is 5. The lowest BCUT2D eigenvalue weighted by molar-refractivity contribution is 0.0953. The zero-order valence-corrected chi connectivity index (χ0v) is 16.3. The molecule has 2 aromatic rings. The van der Waals surface area contributed by atoms with Crippen LogP contribution in [0.15, 0.2) is 42.6 Å². The Hall–Kier alpha value is -3.04. The predicted molar refractivity (Wildman–Crippen MR) is 108 cm³/mol. The number of hydrazine groups is 1. The molecule has 3 N–H and O–H groups in total. The third-order valence-electron chi connectivity index (χ3n) is 5.00. The fourth-order valence-corrected chi connectivity index (χ4v) is 3.21. The number of likely N-dealkylation sites (N-methyl/N-ethyl adjacent to an activating group) is 1. The number of nitrogen functional groups attached to an aromatic ring is 1. The molecule has 0 radical (unpaired) electrons. The third kappa shape index (κ3) is 5.07. The van der Waals surface area contributed by atoms with Gasteiger partial charge in [0.15, 0.2) is 0 Å². The molecule has 0 atom stereocenters. The summed E-state index contributed by atoms with van der Waals surface area (Å²) in [4.78, 5) is 34.7. The molecular weight excluding hydrogens is 375 g/mol. The summed E-state index contributed by atoms with van der Waals surface area (Å²) in [5.41, 5.74) is 3.56. The molecule has 1 fully saturated rings. The Bertz CT molecular complexity index is 835. The van der Waals surface area contributed by atoms with Crippen molar-refractivity contribution in [2.45, 2.75) is 13.5 Å². The van der Waals surface area contributed by atoms with Crippen LogP contribution in [0.2, 0.25) is 0 Å². The molecule has 0 aliphatic carbocycles. The second-order valence-electron chi connectivity index (χ2n) is 6.78. The number of carbonyl (C=O) groups excluding carboxylic acids is 2. The van der Waals surface area contributed by atoms with Crippen LogP contribution in [0.25, 0.3) is 0 Å². The molecule has 0 saturated carbocycles. The van der Waals surface area contributed by atoms with E-state index in [1.807, 2.05) is 0 Å². The number of urea groups is 1. The number of nitrogens with one attached hydrogen (secondary N) is 1. The van der Waals surface area contributed by atoms with Crippen LogP contribution in [0, 0.1) is 5.82 Å². The van der Waals surface area contributed by atoms with E-state index in [1.54, 1.807) is 34.1 Å². The fraction of sp³-hybridized carbons (Fsp3) is 0.350. The quantitative estimate of drug-likeness (QED) is 0.452. The van der Waals surface area contributed by atoms with Gasteiger partial charge in [0.05, 0.1) is 17.8 Å². The Morgan fingerprint density at radius 3 is 2.38 bits per heavy atom. The highest BCUT2D eigenvalue weighted by molar-refractivity contribution is 5.93. The van der Waals surface area contributed by atoms with E-state index in [2.05, 4.69) is 22.2 Å². The lowest BCUT2D eigenvalue weighted by Crippen LogP contribution is -2.52. The number of piperazine rings is 1. The summed E-state index contributed by atoms with van der Waals surface area (Å²) in [6.07, 6.45) is 1.41. The van der Waals surface area contributed by atoms with E-state index in [-0.39, 0.29) is 18.4 Å². The highest BCUT2D eigenvalue weighted by atomic mass is 19.1. The molecule has 3 amide bonds. The molecule has 2 heterocycles. The van der Waals surface area contributed by atoms with Crippen LogP contribution in [0.1, 0.15) is 23.0 Å². The van der Waals surface area contributed by atoms with Crippen LogP contribution < -0.4 is 16.2 Å². The zero-order chi connectivity index (χ0) is 20.8. The van der Waals surface area contributed by atoms with Gasteiger partial charge in [0.2, 0.25) is 0 Å². The summed E-state index contributed by atoms with van der Waals surface area (Å²) in [5, 5.41) is 0. The number of benzene rings is 1. The molecule has 3 rings (SSSR count). The van der Waals surface area contributed by atoms with Gasteiger partial charge in [-0.3, -0.25) is 20.1 Å². The van der Waals surface area contributed by atoms with E-state index in [0.29, 0.717) is 30.0 Å². The summed E-state index contributed by atoms with van der Waals surface area (Å²) in [6, 6.07) is 8.91. The molecule has 0 unspecified atom stereocenters. The first-order valence-corrected chi connectivity index (χ1v) is 9.52. The van der Waals surface area contributed by atoms with Crippen molar-refractivity contribution in [1.82, 2.24) is 20.2 Å². The fourth-order valence-electron chi connectivity index (χ4n) is 3.21. The van der Waals surface area contributed by atoms with Gasteiger partial charge >= 0.3 is 6.03 Å². The van der Waals surface area contributed by atoms with E-state index >= 15 is 0 Å². The first-order chi connectivity index (χ1) is 14.0. The minimum atomic E-state index is -0.440. The van der Waals surface area contributed by atoms with Crippen molar-refractivity contribution >= 4 is 17.6 Å². The van der Waals surface area contributed by atoms with Crippen molar-refractivity contribution in [3.05, 3.63) is 59.7 Å². The maximum atomic E-state index is 13.4. The van der Waals surface area contributed by atoms with Gasteiger partial charge in [-0.2, -0.15) is 0 Å². The molecule has 1 aromatic heterocycles. The lowest BCUT2D eigenvalue weighted by atomic mass is 10.2. The summed E-state index contributed by atoms with van der Waals surface area (Å²) >= 11 is 0. The smallest absolute Gasteiger partial charge is 0.322 e. The van der Waals surface area contributed by atoms with Crippen molar-refractivity contribution in [1.29, 1.82) is 0 Å². The first-order valence-electron chi connectivity index (χ1n) is 9.52. The van der Waals surface area contributed by atoms with Gasteiger partial charge in [-0.05, 0) is 42.9 Å². The number of hydrogen-bond donors (Lipinski definition) is 2. The van der Waals surface area contributed by atoms with E-state index in [1.165, 1.54) is 18.3 Å². The Morgan fingerprint density at radius 2 is 1.83 bits per heavy atom. The number of nitrogens with zero attached hydrogens (tertiary/aromatic N) is 4. The molecular formula is C20H25FN6O2. The summed E-state index contributed by atoms with van der Waals surface area (Å²) < 4.78 is 13.4. The third-order valence-corrected chi connectivity index (χ3v) is 5.00. The Kier molecular flexibility index (Phi) is 6.73. The van der Waals surface area contributed by atoms with Gasteiger partial charge in [0.25, 0.3) is 5.91 Å². The second-order valence-corrected chi connectivity index (χ2v) is 6.78. The molecule has 1 aliphatic heterocycles. The van der Waals surface area contributed by atoms with Crippen LogP contribution in [-0.2, 0) is 6.54 Å². The SMILES string of the molecule is CCN1CCN(C(=O)N(Cc2ccc(C(=O)NN)cn2)c2ccc(F)cc2)CC1. The molecule has 9 heteroatoms. The van der Waals surface area contributed by atoms with Gasteiger partial charge in [0, 0.05) is 38.1 Å². The average molecular weight is 400 g/mol. The molecule has 29 heavy (non-hydrogen) atoms. The molecule has 154 valence electrons. The Balaban J connectivity index is 1.80. The van der Waals surface area contributed by atoms with Crippen molar-refractivity contribution in [3.8, 4) is 0 Å². The van der Waals surface area contributed by atoms with Gasteiger partial charge in [0.1, 0.15) is 5.82 Å². The molecule has 0 bridgehead atoms. The minimum absolute atomic E-state index is 0.155. The standard InChI is InChI=1S/C20H25FN6O2/c1-2-25-9-11-26(12-10-25)20(29)27(18-7-4-16(21)5-8-18)14-17-6-3-15(13-23-17)19(28)24-22/h3-8,13H,2,9-12,14,22H2,1H3,(H,24,28). The van der Waals surface area contributed by atoms with E-state index in [9.17, 15) is 14.0 Å². The van der Waals surface area contributed by atoms with Crippen LogP contribution in [0.4, 0.5) is 14.9 Å². The first kappa shape index (κ1) is 20.7. The molecule has 1 aliphatic rings. The summed E-state index contributed by atoms with van der Waals surface area (Å²) in [5.74, 6) is 4.33. The number of carbonyl (C=O) groups is 2. The normalized spacial score (nSPS) is 14.5. The van der Waals surface area contributed by atoms with Crippen molar-refractivity contribution in [2.75, 3.05) is 37.6 Å². The van der Waals surface area contributed by atoms with Crippen LogP contribution in [-0.4, -0.2) is 59.4 Å². The predicted octanol–water partition coefficient (Wildman–Crippen LogP) is 1.59. The number of pyridine rings is 1.